The van der Waals surface area contributed by atoms with Gasteiger partial charge in [0.05, 0.1) is 6.04 Å². The van der Waals surface area contributed by atoms with Crippen LogP contribution in [0.25, 0.3) is 0 Å². The van der Waals surface area contributed by atoms with Crippen molar-refractivity contribution in [1.29, 1.82) is 0 Å². The van der Waals surface area contributed by atoms with E-state index < -0.39 is 11.7 Å². The van der Waals surface area contributed by atoms with Crippen LogP contribution in [0, 0.1) is 0 Å². The van der Waals surface area contributed by atoms with E-state index in [2.05, 4.69) is 5.32 Å². The second-order valence-electron chi connectivity index (χ2n) is 6.64. The number of alkyl carbamates (subject to hydrolysis) is 1. The number of carbonyl (C=O) groups excluding carboxylic acids is 2. The molecule has 1 N–H and O–H groups in total. The van der Waals surface area contributed by atoms with E-state index in [4.69, 9.17) is 4.74 Å². The molecular weight excluding hydrogens is 280 g/mol. The summed E-state index contributed by atoms with van der Waals surface area (Å²) in [6.45, 7) is 6.59. The van der Waals surface area contributed by atoms with E-state index in [9.17, 15) is 9.59 Å². The largest absolute Gasteiger partial charge is 0.444 e. The van der Waals surface area contributed by atoms with Crippen molar-refractivity contribution in [2.45, 2.75) is 51.8 Å². The lowest BCUT2D eigenvalue weighted by Crippen LogP contribution is -2.50. The average molecular weight is 304 g/mol. The van der Waals surface area contributed by atoms with Gasteiger partial charge in [0.25, 0.3) is 0 Å². The number of carbonyl (C=O) groups is 2. The average Bonchev–Trinajstić information content (AvgIpc) is 2.41. The molecule has 0 unspecified atom stereocenters. The Morgan fingerprint density at radius 1 is 1.32 bits per heavy atom. The van der Waals surface area contributed by atoms with Gasteiger partial charge in [-0.05, 0) is 32.8 Å². The summed E-state index contributed by atoms with van der Waals surface area (Å²) in [4.78, 5) is 25.7. The van der Waals surface area contributed by atoms with Gasteiger partial charge in [-0.3, -0.25) is 4.79 Å². The van der Waals surface area contributed by atoms with Crippen molar-refractivity contribution in [1.82, 2.24) is 10.2 Å². The third-order valence-corrected chi connectivity index (χ3v) is 3.44. The summed E-state index contributed by atoms with van der Waals surface area (Å²) in [5.74, 6) is 0.131. The molecule has 0 radical (unpaired) electrons. The van der Waals surface area contributed by atoms with Gasteiger partial charge in [-0.1, -0.05) is 30.3 Å². The zero-order chi connectivity index (χ0) is 16.2. The van der Waals surface area contributed by atoms with Crippen LogP contribution >= 0.6 is 0 Å². The van der Waals surface area contributed by atoms with Crippen molar-refractivity contribution >= 4 is 12.0 Å². The zero-order valence-electron chi connectivity index (χ0n) is 13.5. The van der Waals surface area contributed by atoms with Crippen molar-refractivity contribution in [3.63, 3.8) is 0 Å². The van der Waals surface area contributed by atoms with Gasteiger partial charge in [0.15, 0.2) is 0 Å². The van der Waals surface area contributed by atoms with E-state index in [1.54, 1.807) is 4.90 Å². The normalized spacial score (nSPS) is 19.0. The number of hydrogen-bond acceptors (Lipinski definition) is 3. The van der Waals surface area contributed by atoms with Gasteiger partial charge in [-0.2, -0.15) is 0 Å². The van der Waals surface area contributed by atoms with Crippen molar-refractivity contribution < 1.29 is 14.3 Å². The third kappa shape index (κ3) is 5.06. The summed E-state index contributed by atoms with van der Waals surface area (Å²) in [5, 5.41) is 2.86. The van der Waals surface area contributed by atoms with Crippen LogP contribution in [0.5, 0.6) is 0 Å². The number of nitrogens with one attached hydrogen (secondary N) is 1. The van der Waals surface area contributed by atoms with Crippen LogP contribution in [0.3, 0.4) is 0 Å². The number of piperidine rings is 1. The number of likely N-dealkylation sites (tertiary alicyclic amines) is 1. The molecule has 120 valence electrons. The maximum atomic E-state index is 12.0. The Bertz CT molecular complexity index is 522. The lowest BCUT2D eigenvalue weighted by Gasteiger charge is -2.33. The fourth-order valence-corrected chi connectivity index (χ4v) is 2.46. The summed E-state index contributed by atoms with van der Waals surface area (Å²) in [5.41, 5.74) is 0.576. The number of benzene rings is 1. The smallest absolute Gasteiger partial charge is 0.407 e. The predicted molar refractivity (Wildman–Crippen MR) is 84.3 cm³/mol. The standard InChI is InChI=1S/C17H24N2O3/c1-17(2,3)22-16(21)18-14-9-10-15(20)19(12-14)11-13-7-5-4-6-8-13/h4-8,14H,9-12H2,1-3H3,(H,18,21)/t14-/m0/s1. The maximum Gasteiger partial charge on any atom is 0.407 e. The summed E-state index contributed by atoms with van der Waals surface area (Å²) < 4.78 is 5.27. The molecule has 1 aromatic carbocycles. The van der Waals surface area contributed by atoms with Gasteiger partial charge in [0.2, 0.25) is 5.91 Å². The molecule has 1 heterocycles. The fourth-order valence-electron chi connectivity index (χ4n) is 2.46. The summed E-state index contributed by atoms with van der Waals surface area (Å²) in [7, 11) is 0. The van der Waals surface area contributed by atoms with Crippen molar-refractivity contribution in [3.8, 4) is 0 Å². The predicted octanol–water partition coefficient (Wildman–Crippen LogP) is 2.70. The number of amides is 2. The Labute approximate surface area is 131 Å². The molecule has 0 aliphatic carbocycles. The number of rotatable bonds is 3. The van der Waals surface area contributed by atoms with Crippen molar-refractivity contribution in [2.75, 3.05) is 6.54 Å². The first-order chi connectivity index (χ1) is 10.3. The highest BCUT2D eigenvalue weighted by molar-refractivity contribution is 5.77. The second-order valence-corrected chi connectivity index (χ2v) is 6.64. The summed E-state index contributed by atoms with van der Waals surface area (Å²) in [6, 6.07) is 9.81. The van der Waals surface area contributed by atoms with Gasteiger partial charge in [-0.15, -0.1) is 0 Å². The number of hydrogen-bond donors (Lipinski definition) is 1. The number of nitrogens with zero attached hydrogens (tertiary/aromatic N) is 1. The lowest BCUT2D eigenvalue weighted by molar-refractivity contribution is -0.134. The Kier molecular flexibility index (Phi) is 5.06. The summed E-state index contributed by atoms with van der Waals surface area (Å²) >= 11 is 0. The highest BCUT2D eigenvalue weighted by Crippen LogP contribution is 2.16. The van der Waals surface area contributed by atoms with Crippen LogP contribution in [0.1, 0.15) is 39.2 Å². The first-order valence-electron chi connectivity index (χ1n) is 7.65. The molecule has 1 fully saturated rings. The van der Waals surface area contributed by atoms with Crippen LogP contribution in [-0.4, -0.2) is 35.1 Å². The molecule has 1 saturated heterocycles. The van der Waals surface area contributed by atoms with Gasteiger partial charge >= 0.3 is 6.09 Å². The third-order valence-electron chi connectivity index (χ3n) is 3.44. The van der Waals surface area contributed by atoms with Gasteiger partial charge in [0, 0.05) is 19.5 Å². The Morgan fingerprint density at radius 3 is 2.64 bits per heavy atom. The number of ether oxygens (including phenoxy) is 1. The molecule has 2 rings (SSSR count). The molecule has 5 nitrogen and oxygen atoms in total. The van der Waals surface area contributed by atoms with E-state index in [1.165, 1.54) is 0 Å². The van der Waals surface area contributed by atoms with E-state index in [0.717, 1.165) is 5.56 Å². The van der Waals surface area contributed by atoms with Crippen LogP contribution < -0.4 is 5.32 Å². The van der Waals surface area contributed by atoms with Gasteiger partial charge < -0.3 is 15.0 Å². The maximum absolute atomic E-state index is 12.0. The van der Waals surface area contributed by atoms with E-state index in [1.807, 2.05) is 51.1 Å². The molecule has 0 spiro atoms. The van der Waals surface area contributed by atoms with Gasteiger partial charge in [0.1, 0.15) is 5.60 Å². The minimum atomic E-state index is -0.516. The molecule has 1 atom stereocenters. The molecule has 2 amide bonds. The second kappa shape index (κ2) is 6.81. The molecule has 1 aliphatic rings. The molecule has 0 saturated carbocycles. The monoisotopic (exact) mass is 304 g/mol. The summed E-state index contributed by atoms with van der Waals surface area (Å²) in [6.07, 6.45) is 0.683. The highest BCUT2D eigenvalue weighted by atomic mass is 16.6. The van der Waals surface area contributed by atoms with Crippen LogP contribution in [-0.2, 0) is 16.1 Å². The zero-order valence-corrected chi connectivity index (χ0v) is 13.5. The molecule has 0 aromatic heterocycles. The van der Waals surface area contributed by atoms with Crippen molar-refractivity contribution in [3.05, 3.63) is 35.9 Å². The molecule has 1 aromatic rings. The fraction of sp³-hybridized carbons (Fsp3) is 0.529. The minimum Gasteiger partial charge on any atom is -0.444 e. The lowest BCUT2D eigenvalue weighted by atomic mass is 10.0. The van der Waals surface area contributed by atoms with E-state index >= 15 is 0 Å². The van der Waals surface area contributed by atoms with Crippen LogP contribution in [0.15, 0.2) is 30.3 Å². The van der Waals surface area contributed by atoms with E-state index in [-0.39, 0.29) is 11.9 Å². The minimum absolute atomic E-state index is 0.0590. The first-order valence-corrected chi connectivity index (χ1v) is 7.65. The molecular formula is C17H24N2O3. The Morgan fingerprint density at radius 2 is 2.00 bits per heavy atom. The van der Waals surface area contributed by atoms with E-state index in [0.29, 0.717) is 25.9 Å². The van der Waals surface area contributed by atoms with Gasteiger partial charge in [-0.25, -0.2) is 4.79 Å². The topological polar surface area (TPSA) is 58.6 Å². The SMILES string of the molecule is CC(C)(C)OC(=O)N[C@H]1CCC(=O)N(Cc2ccccc2)C1. The van der Waals surface area contributed by atoms with Crippen molar-refractivity contribution in [2.24, 2.45) is 0 Å². The first kappa shape index (κ1) is 16.3. The molecule has 5 heteroatoms. The molecule has 1 aliphatic heterocycles. The van der Waals surface area contributed by atoms with Crippen LogP contribution in [0.2, 0.25) is 0 Å². The molecule has 22 heavy (non-hydrogen) atoms. The Hall–Kier alpha value is -2.04. The highest BCUT2D eigenvalue weighted by Gasteiger charge is 2.28. The Balaban J connectivity index is 1.90. The molecule has 0 bridgehead atoms. The quantitative estimate of drug-likeness (QED) is 0.934. The van der Waals surface area contributed by atoms with Crippen LogP contribution in [0.4, 0.5) is 4.79 Å².